The van der Waals surface area contributed by atoms with Crippen molar-refractivity contribution in [1.29, 1.82) is 0 Å². The SMILES string of the molecule is CS(=O)(=O)Nc1ccccc1CNC(=O)CCc1ncc(-c2ccc(F)cc2)o1. The number of aromatic nitrogens is 1. The van der Waals surface area contributed by atoms with Crippen LogP contribution < -0.4 is 10.0 Å². The van der Waals surface area contributed by atoms with Crippen molar-refractivity contribution >= 4 is 21.6 Å². The topological polar surface area (TPSA) is 101 Å². The Morgan fingerprint density at radius 3 is 2.59 bits per heavy atom. The molecular formula is C20H20FN3O4S. The lowest BCUT2D eigenvalue weighted by Crippen LogP contribution is -2.24. The van der Waals surface area contributed by atoms with Crippen molar-refractivity contribution in [2.45, 2.75) is 19.4 Å². The number of oxazole rings is 1. The van der Waals surface area contributed by atoms with Gasteiger partial charge in [-0.1, -0.05) is 18.2 Å². The van der Waals surface area contributed by atoms with E-state index in [2.05, 4.69) is 15.0 Å². The molecule has 7 nitrogen and oxygen atoms in total. The molecule has 0 aliphatic carbocycles. The standard InChI is InChI=1S/C20H20FN3O4S/c1-29(26,27)24-17-5-3-2-4-15(17)12-22-19(25)10-11-20-23-13-18(28-20)14-6-8-16(21)9-7-14/h2-9,13,24H,10-12H2,1H3,(H,22,25). The molecule has 0 saturated heterocycles. The van der Waals surface area contributed by atoms with Gasteiger partial charge in [0.15, 0.2) is 11.7 Å². The first kappa shape index (κ1) is 20.5. The molecule has 0 spiro atoms. The lowest BCUT2D eigenvalue weighted by molar-refractivity contribution is -0.121. The number of nitrogens with one attached hydrogen (secondary N) is 2. The zero-order chi connectivity index (χ0) is 20.9. The van der Waals surface area contributed by atoms with Gasteiger partial charge in [0.05, 0.1) is 18.1 Å². The van der Waals surface area contributed by atoms with E-state index in [1.165, 1.54) is 18.3 Å². The Morgan fingerprint density at radius 2 is 1.86 bits per heavy atom. The Labute approximate surface area is 168 Å². The van der Waals surface area contributed by atoms with Crippen molar-refractivity contribution in [1.82, 2.24) is 10.3 Å². The van der Waals surface area contributed by atoms with Crippen LogP contribution in [0.4, 0.5) is 10.1 Å². The molecule has 0 fully saturated rings. The Hall–Kier alpha value is -3.20. The van der Waals surface area contributed by atoms with Crippen molar-refractivity contribution in [3.63, 3.8) is 0 Å². The fourth-order valence-electron chi connectivity index (χ4n) is 2.65. The quantitative estimate of drug-likeness (QED) is 0.586. The normalized spacial score (nSPS) is 11.2. The molecule has 0 saturated carbocycles. The van der Waals surface area contributed by atoms with Crippen LogP contribution in [0.25, 0.3) is 11.3 Å². The number of hydrogen-bond acceptors (Lipinski definition) is 5. The summed E-state index contributed by atoms with van der Waals surface area (Å²) in [6.45, 7) is 0.184. The lowest BCUT2D eigenvalue weighted by atomic mass is 10.2. The molecule has 2 N–H and O–H groups in total. The van der Waals surface area contributed by atoms with E-state index < -0.39 is 10.0 Å². The predicted molar refractivity (Wildman–Crippen MR) is 107 cm³/mol. The van der Waals surface area contributed by atoms with E-state index in [0.29, 0.717) is 34.9 Å². The molecule has 152 valence electrons. The summed E-state index contributed by atoms with van der Waals surface area (Å²) in [6.07, 6.45) is 3.06. The van der Waals surface area contributed by atoms with Gasteiger partial charge in [0.1, 0.15) is 5.82 Å². The van der Waals surface area contributed by atoms with E-state index in [9.17, 15) is 17.6 Å². The van der Waals surface area contributed by atoms with Crippen LogP contribution in [-0.2, 0) is 27.8 Å². The first-order valence-electron chi connectivity index (χ1n) is 8.83. The highest BCUT2D eigenvalue weighted by Crippen LogP contribution is 2.21. The molecule has 9 heteroatoms. The summed E-state index contributed by atoms with van der Waals surface area (Å²) >= 11 is 0. The van der Waals surface area contributed by atoms with E-state index in [4.69, 9.17) is 4.42 Å². The minimum atomic E-state index is -3.41. The second-order valence-electron chi connectivity index (χ2n) is 6.43. The molecule has 1 aromatic heterocycles. The number of sulfonamides is 1. The number of carbonyl (C=O) groups is 1. The number of rotatable bonds is 8. The average molecular weight is 417 g/mol. The molecule has 0 atom stereocenters. The van der Waals surface area contributed by atoms with Gasteiger partial charge in [-0.2, -0.15) is 0 Å². The van der Waals surface area contributed by atoms with Crippen molar-refractivity contribution in [3.8, 4) is 11.3 Å². The zero-order valence-electron chi connectivity index (χ0n) is 15.7. The van der Waals surface area contributed by atoms with Crippen LogP contribution in [0.5, 0.6) is 0 Å². The number of halogens is 1. The van der Waals surface area contributed by atoms with Crippen LogP contribution in [0.1, 0.15) is 17.9 Å². The van der Waals surface area contributed by atoms with Crippen molar-refractivity contribution < 1.29 is 22.0 Å². The van der Waals surface area contributed by atoms with Gasteiger partial charge in [0, 0.05) is 24.9 Å². The van der Waals surface area contributed by atoms with Crippen molar-refractivity contribution in [2.75, 3.05) is 11.0 Å². The molecule has 29 heavy (non-hydrogen) atoms. The minimum Gasteiger partial charge on any atom is -0.441 e. The number of aryl methyl sites for hydroxylation is 1. The Bertz CT molecular complexity index is 1090. The highest BCUT2D eigenvalue weighted by molar-refractivity contribution is 7.92. The van der Waals surface area contributed by atoms with Gasteiger partial charge < -0.3 is 9.73 Å². The lowest BCUT2D eigenvalue weighted by Gasteiger charge is -2.11. The van der Waals surface area contributed by atoms with E-state index in [0.717, 1.165) is 6.26 Å². The molecule has 3 rings (SSSR count). The van der Waals surface area contributed by atoms with Crippen LogP contribution in [0.2, 0.25) is 0 Å². The zero-order valence-corrected chi connectivity index (χ0v) is 16.5. The summed E-state index contributed by atoms with van der Waals surface area (Å²) < 4.78 is 43.9. The van der Waals surface area contributed by atoms with Gasteiger partial charge in [-0.05, 0) is 35.9 Å². The molecule has 0 aliphatic rings. The number of hydrogen-bond donors (Lipinski definition) is 2. The third-order valence-electron chi connectivity index (χ3n) is 4.04. The number of anilines is 1. The van der Waals surface area contributed by atoms with Gasteiger partial charge in [-0.3, -0.25) is 9.52 Å². The van der Waals surface area contributed by atoms with Gasteiger partial charge >= 0.3 is 0 Å². The second kappa shape index (κ2) is 8.87. The van der Waals surface area contributed by atoms with Crippen LogP contribution in [0, 0.1) is 5.82 Å². The monoisotopic (exact) mass is 417 g/mol. The fourth-order valence-corrected chi connectivity index (χ4v) is 3.25. The molecule has 0 radical (unpaired) electrons. The first-order chi connectivity index (χ1) is 13.8. The number of nitrogens with zero attached hydrogens (tertiary/aromatic N) is 1. The summed E-state index contributed by atoms with van der Waals surface area (Å²) in [7, 11) is -3.41. The van der Waals surface area contributed by atoms with Gasteiger partial charge in [0.25, 0.3) is 0 Å². The third-order valence-corrected chi connectivity index (χ3v) is 4.63. The van der Waals surface area contributed by atoms with Crippen molar-refractivity contribution in [3.05, 3.63) is 72.0 Å². The van der Waals surface area contributed by atoms with Gasteiger partial charge in [-0.25, -0.2) is 17.8 Å². The molecule has 2 aromatic carbocycles. The smallest absolute Gasteiger partial charge is 0.229 e. The van der Waals surface area contributed by atoms with Gasteiger partial charge in [0.2, 0.25) is 15.9 Å². The summed E-state index contributed by atoms with van der Waals surface area (Å²) in [6, 6.07) is 12.7. The van der Waals surface area contributed by atoms with Crippen LogP contribution in [0.15, 0.2) is 59.1 Å². The maximum Gasteiger partial charge on any atom is 0.229 e. The fraction of sp³-hybridized carbons (Fsp3) is 0.200. The molecule has 0 bridgehead atoms. The van der Waals surface area contributed by atoms with Crippen LogP contribution >= 0.6 is 0 Å². The Morgan fingerprint density at radius 1 is 1.14 bits per heavy atom. The minimum absolute atomic E-state index is 0.158. The maximum atomic E-state index is 13.0. The molecule has 3 aromatic rings. The number of benzene rings is 2. The molecule has 1 heterocycles. The Kier molecular flexibility index (Phi) is 6.28. The average Bonchev–Trinajstić information content (AvgIpc) is 3.14. The van der Waals surface area contributed by atoms with E-state index in [1.807, 2.05) is 0 Å². The van der Waals surface area contributed by atoms with Crippen molar-refractivity contribution in [2.24, 2.45) is 0 Å². The summed E-state index contributed by atoms with van der Waals surface area (Å²) in [5.41, 5.74) is 1.78. The van der Waals surface area contributed by atoms with Gasteiger partial charge in [-0.15, -0.1) is 0 Å². The number of amides is 1. The molecule has 1 amide bonds. The highest BCUT2D eigenvalue weighted by Gasteiger charge is 2.11. The number of carbonyl (C=O) groups excluding carboxylic acids is 1. The summed E-state index contributed by atoms with van der Waals surface area (Å²) in [5, 5.41) is 2.76. The molecular weight excluding hydrogens is 397 g/mol. The Balaban J connectivity index is 1.53. The molecule has 0 aliphatic heterocycles. The molecule has 0 unspecified atom stereocenters. The number of para-hydroxylation sites is 1. The highest BCUT2D eigenvalue weighted by atomic mass is 32.2. The van der Waals surface area contributed by atoms with E-state index in [1.54, 1.807) is 36.4 Å². The third kappa shape index (κ3) is 6.15. The van der Waals surface area contributed by atoms with Crippen LogP contribution in [0.3, 0.4) is 0 Å². The van der Waals surface area contributed by atoms with Crippen LogP contribution in [-0.4, -0.2) is 25.6 Å². The van der Waals surface area contributed by atoms with E-state index >= 15 is 0 Å². The van der Waals surface area contributed by atoms with E-state index in [-0.39, 0.29) is 24.7 Å². The summed E-state index contributed by atoms with van der Waals surface area (Å²) in [4.78, 5) is 16.3. The largest absolute Gasteiger partial charge is 0.441 e. The summed E-state index contributed by atoms with van der Waals surface area (Å²) in [5.74, 6) is 0.346. The second-order valence-corrected chi connectivity index (χ2v) is 8.18. The predicted octanol–water partition coefficient (Wildman–Crippen LogP) is 3.10. The first-order valence-corrected chi connectivity index (χ1v) is 10.7. The maximum absolute atomic E-state index is 13.0.